The molecule has 1 heterocycles. The summed E-state index contributed by atoms with van der Waals surface area (Å²) in [5, 5.41) is 11.7. The van der Waals surface area contributed by atoms with Crippen molar-refractivity contribution in [2.75, 3.05) is 10.6 Å². The molecule has 4 rings (SSSR count). The van der Waals surface area contributed by atoms with Gasteiger partial charge in [-0.05, 0) is 29.9 Å². The van der Waals surface area contributed by atoms with Gasteiger partial charge < -0.3 is 16.4 Å². The molecule has 5 N–H and O–H groups in total. The highest BCUT2D eigenvalue weighted by Gasteiger charge is 2.40. The highest BCUT2D eigenvalue weighted by atomic mass is 32.1. The number of nitrogens with two attached hydrogens (primary N) is 1. The second kappa shape index (κ2) is 4.99. The number of anilines is 2. The Balaban J connectivity index is 1.81. The number of thiocarbonyl (C=S) groups is 1. The molecule has 2 aliphatic rings. The minimum Gasteiger partial charge on any atom is -0.375 e. The van der Waals surface area contributed by atoms with Gasteiger partial charge in [0.15, 0.2) is 5.11 Å². The molecule has 22 heavy (non-hydrogen) atoms. The standard InChI is InChI=1S/C16H15N5S/c17-16(22)21-20-14-10-6-2-1-5-9(10)13-15(14)19-12-8-4-3-7-11(12)18-13/h1-8,13,15,18-19H,(H3,17,21,22)/b20-14+/t13-,15-/m1/s1. The Morgan fingerprint density at radius 3 is 2.36 bits per heavy atom. The van der Waals surface area contributed by atoms with Gasteiger partial charge in [-0.3, -0.25) is 5.43 Å². The van der Waals surface area contributed by atoms with Crippen LogP contribution in [0.4, 0.5) is 11.4 Å². The first-order valence-electron chi connectivity index (χ1n) is 7.08. The van der Waals surface area contributed by atoms with E-state index in [9.17, 15) is 0 Å². The van der Waals surface area contributed by atoms with E-state index in [4.69, 9.17) is 18.0 Å². The van der Waals surface area contributed by atoms with E-state index < -0.39 is 0 Å². The van der Waals surface area contributed by atoms with Gasteiger partial charge in [-0.2, -0.15) is 5.10 Å². The van der Waals surface area contributed by atoms with E-state index in [1.54, 1.807) is 0 Å². The summed E-state index contributed by atoms with van der Waals surface area (Å²) in [4.78, 5) is 0. The van der Waals surface area contributed by atoms with Crippen molar-refractivity contribution in [1.29, 1.82) is 0 Å². The monoisotopic (exact) mass is 309 g/mol. The first-order chi connectivity index (χ1) is 10.7. The summed E-state index contributed by atoms with van der Waals surface area (Å²) < 4.78 is 0. The van der Waals surface area contributed by atoms with E-state index in [-0.39, 0.29) is 17.2 Å². The zero-order valence-corrected chi connectivity index (χ0v) is 12.5. The van der Waals surface area contributed by atoms with E-state index in [1.165, 1.54) is 5.56 Å². The van der Waals surface area contributed by atoms with E-state index in [0.29, 0.717) is 0 Å². The van der Waals surface area contributed by atoms with Crippen molar-refractivity contribution in [3.63, 3.8) is 0 Å². The Bertz CT molecular complexity index is 786. The number of hydrazone groups is 1. The molecule has 1 aliphatic heterocycles. The van der Waals surface area contributed by atoms with Crippen LogP contribution in [0.1, 0.15) is 17.2 Å². The van der Waals surface area contributed by atoms with Gasteiger partial charge in [0, 0.05) is 5.56 Å². The number of benzene rings is 2. The minimum atomic E-state index is 0.0362. The molecule has 0 saturated carbocycles. The zero-order valence-electron chi connectivity index (χ0n) is 11.7. The van der Waals surface area contributed by atoms with Crippen LogP contribution in [0, 0.1) is 0 Å². The van der Waals surface area contributed by atoms with Gasteiger partial charge in [0.05, 0.1) is 29.2 Å². The largest absolute Gasteiger partial charge is 0.375 e. The SMILES string of the molecule is NC(=S)N/N=C1\c2ccccc2[C@H]2Nc3ccccc3N[C@@H]12. The second-order valence-corrected chi connectivity index (χ2v) is 5.79. The van der Waals surface area contributed by atoms with E-state index >= 15 is 0 Å². The van der Waals surface area contributed by atoms with E-state index in [0.717, 1.165) is 22.6 Å². The predicted molar refractivity (Wildman–Crippen MR) is 93.1 cm³/mol. The molecule has 6 heteroatoms. The van der Waals surface area contributed by atoms with Gasteiger partial charge in [0.2, 0.25) is 0 Å². The van der Waals surface area contributed by atoms with Gasteiger partial charge in [-0.25, -0.2) is 0 Å². The van der Waals surface area contributed by atoms with Crippen molar-refractivity contribution >= 4 is 34.4 Å². The summed E-state index contributed by atoms with van der Waals surface area (Å²) in [6.07, 6.45) is 0. The lowest BCUT2D eigenvalue weighted by molar-refractivity contribution is 0.750. The summed E-state index contributed by atoms with van der Waals surface area (Å²) in [5.74, 6) is 0. The Kier molecular flexibility index (Phi) is 2.97. The van der Waals surface area contributed by atoms with Crippen LogP contribution in [0.25, 0.3) is 0 Å². The molecule has 0 amide bonds. The molecule has 0 fully saturated rings. The second-order valence-electron chi connectivity index (χ2n) is 5.35. The Labute approximate surface area is 133 Å². The average molecular weight is 309 g/mol. The van der Waals surface area contributed by atoms with Crippen LogP contribution in [0.2, 0.25) is 0 Å². The number of hydrogen-bond acceptors (Lipinski definition) is 4. The first kappa shape index (κ1) is 13.1. The molecule has 0 spiro atoms. The number of rotatable bonds is 1. The maximum absolute atomic E-state index is 5.51. The molecule has 0 saturated heterocycles. The molecule has 2 aromatic rings. The minimum absolute atomic E-state index is 0.0362. The van der Waals surface area contributed by atoms with Gasteiger partial charge >= 0.3 is 0 Å². The molecule has 2 atom stereocenters. The van der Waals surface area contributed by atoms with Crippen LogP contribution in [-0.4, -0.2) is 16.9 Å². The smallest absolute Gasteiger partial charge is 0.184 e. The number of hydrogen-bond donors (Lipinski definition) is 4. The molecular formula is C16H15N5S. The fourth-order valence-corrected chi connectivity index (χ4v) is 3.18. The van der Waals surface area contributed by atoms with Gasteiger partial charge in [0.1, 0.15) is 0 Å². The summed E-state index contributed by atoms with van der Waals surface area (Å²) in [5.41, 5.74) is 13.6. The molecule has 0 radical (unpaired) electrons. The molecule has 0 unspecified atom stereocenters. The Morgan fingerprint density at radius 1 is 1.00 bits per heavy atom. The van der Waals surface area contributed by atoms with Crippen molar-refractivity contribution in [1.82, 2.24) is 5.43 Å². The van der Waals surface area contributed by atoms with Crippen molar-refractivity contribution in [3.05, 3.63) is 59.7 Å². The lowest BCUT2D eigenvalue weighted by atomic mass is 10.0. The van der Waals surface area contributed by atoms with Crippen LogP contribution >= 0.6 is 12.2 Å². The van der Waals surface area contributed by atoms with E-state index in [2.05, 4.69) is 45.4 Å². The van der Waals surface area contributed by atoms with Crippen molar-refractivity contribution in [2.24, 2.45) is 10.8 Å². The molecule has 0 aromatic heterocycles. The number of para-hydroxylation sites is 2. The average Bonchev–Trinajstić information content (AvgIpc) is 2.84. The van der Waals surface area contributed by atoms with Crippen LogP contribution < -0.4 is 21.8 Å². The quantitative estimate of drug-likeness (QED) is 0.480. The third kappa shape index (κ3) is 2.00. The fraction of sp³-hybridized carbons (Fsp3) is 0.125. The molecule has 110 valence electrons. The van der Waals surface area contributed by atoms with Gasteiger partial charge in [-0.15, -0.1) is 0 Å². The maximum Gasteiger partial charge on any atom is 0.184 e. The summed E-state index contributed by atoms with van der Waals surface area (Å²) in [7, 11) is 0. The van der Waals surface area contributed by atoms with Crippen molar-refractivity contribution < 1.29 is 0 Å². The van der Waals surface area contributed by atoms with Crippen LogP contribution in [0.15, 0.2) is 53.6 Å². The number of fused-ring (bicyclic) bond motifs is 4. The third-order valence-corrected chi connectivity index (χ3v) is 4.13. The topological polar surface area (TPSA) is 74.5 Å². The third-order valence-electron chi connectivity index (χ3n) is 4.04. The van der Waals surface area contributed by atoms with Crippen LogP contribution in [0.3, 0.4) is 0 Å². The number of nitrogens with one attached hydrogen (secondary N) is 3. The van der Waals surface area contributed by atoms with Crippen molar-refractivity contribution in [2.45, 2.75) is 12.1 Å². The lowest BCUT2D eigenvalue weighted by Crippen LogP contribution is -2.39. The highest BCUT2D eigenvalue weighted by Crippen LogP contribution is 2.41. The molecule has 1 aliphatic carbocycles. The van der Waals surface area contributed by atoms with Gasteiger partial charge in [0.25, 0.3) is 0 Å². The summed E-state index contributed by atoms with van der Waals surface area (Å²) in [6.45, 7) is 0. The molecule has 0 bridgehead atoms. The van der Waals surface area contributed by atoms with Crippen LogP contribution in [-0.2, 0) is 0 Å². The van der Waals surface area contributed by atoms with Crippen molar-refractivity contribution in [3.8, 4) is 0 Å². The fourth-order valence-electron chi connectivity index (χ4n) is 3.13. The zero-order chi connectivity index (χ0) is 15.1. The highest BCUT2D eigenvalue weighted by molar-refractivity contribution is 7.80. The lowest BCUT2D eigenvalue weighted by Gasteiger charge is -2.32. The number of nitrogens with zero attached hydrogens (tertiary/aromatic N) is 1. The molecule has 2 aromatic carbocycles. The summed E-state index contributed by atoms with van der Waals surface area (Å²) in [6, 6.07) is 16.6. The first-order valence-corrected chi connectivity index (χ1v) is 7.49. The predicted octanol–water partition coefficient (Wildman–Crippen LogP) is 2.18. The maximum atomic E-state index is 5.51. The van der Waals surface area contributed by atoms with Crippen LogP contribution in [0.5, 0.6) is 0 Å². The summed E-state index contributed by atoms with van der Waals surface area (Å²) >= 11 is 4.86. The molecule has 5 nitrogen and oxygen atoms in total. The Morgan fingerprint density at radius 2 is 1.64 bits per heavy atom. The Hall–Kier alpha value is -2.60. The van der Waals surface area contributed by atoms with Gasteiger partial charge in [-0.1, -0.05) is 36.4 Å². The normalized spacial score (nSPS) is 22.8. The van der Waals surface area contributed by atoms with E-state index in [1.807, 2.05) is 24.3 Å². The molecular weight excluding hydrogens is 294 g/mol.